The molecule has 3 amide bonds. The highest BCUT2D eigenvalue weighted by atomic mass is 19.1. The zero-order valence-corrected chi connectivity index (χ0v) is 12.4. The first-order chi connectivity index (χ1) is 10.4. The molecule has 22 heavy (non-hydrogen) atoms. The van der Waals surface area contributed by atoms with Gasteiger partial charge in [-0.1, -0.05) is 12.7 Å². The number of carbonyl (C=O) groups is 4. The molecule has 0 aromatic rings. The fourth-order valence-electron chi connectivity index (χ4n) is 2.11. The van der Waals surface area contributed by atoms with Crippen molar-refractivity contribution in [2.45, 2.75) is 25.8 Å². The Balaban J connectivity index is 3.15. The molecule has 1 aliphatic rings. The maximum atomic E-state index is 13.9. The maximum absolute atomic E-state index is 13.9. The molecule has 0 bridgehead atoms. The van der Waals surface area contributed by atoms with E-state index in [2.05, 4.69) is 11.9 Å². The summed E-state index contributed by atoms with van der Waals surface area (Å²) in [7, 11) is 1.32. The standard InChI is InChI=1S/C15H17FN2O4/c1-4-9(8-19)13(10(16)5-2)15(22)18(3)11-6-7-12(20)17-14(11)21/h4-5,8,11H,2,6-7H2,1,3H3,(H,17,20,21)/b9-4-,13-10-. The molecular formula is C15H17FN2O4. The molecule has 118 valence electrons. The van der Waals surface area contributed by atoms with Crippen LogP contribution < -0.4 is 5.32 Å². The van der Waals surface area contributed by atoms with Gasteiger partial charge in [0.15, 0.2) is 6.29 Å². The van der Waals surface area contributed by atoms with Crippen molar-refractivity contribution in [2.75, 3.05) is 7.05 Å². The second-order valence-corrected chi connectivity index (χ2v) is 4.67. The number of carbonyl (C=O) groups excluding carboxylic acids is 4. The Hall–Kier alpha value is -2.57. The summed E-state index contributed by atoms with van der Waals surface area (Å²) < 4.78 is 13.9. The molecule has 1 N–H and O–H groups in total. The van der Waals surface area contributed by atoms with Crippen molar-refractivity contribution < 1.29 is 23.6 Å². The highest BCUT2D eigenvalue weighted by Gasteiger charge is 2.34. The fraction of sp³-hybridized carbons (Fsp3) is 0.333. The Morgan fingerprint density at radius 1 is 1.45 bits per heavy atom. The van der Waals surface area contributed by atoms with Crippen LogP contribution in [-0.4, -0.2) is 42.0 Å². The maximum Gasteiger partial charge on any atom is 0.257 e. The molecule has 1 atom stereocenters. The van der Waals surface area contributed by atoms with Crippen LogP contribution in [0.25, 0.3) is 0 Å². The first-order valence-corrected chi connectivity index (χ1v) is 6.62. The Labute approximate surface area is 127 Å². The molecule has 0 radical (unpaired) electrons. The van der Waals surface area contributed by atoms with Crippen molar-refractivity contribution in [3.8, 4) is 0 Å². The lowest BCUT2D eigenvalue weighted by Crippen LogP contribution is -2.53. The quantitative estimate of drug-likeness (QED) is 0.352. The molecule has 1 aliphatic heterocycles. The summed E-state index contributed by atoms with van der Waals surface area (Å²) in [6.45, 7) is 4.73. The molecule has 0 aliphatic carbocycles. The number of piperidine rings is 1. The number of hydrogen-bond donors (Lipinski definition) is 1. The Morgan fingerprint density at radius 2 is 2.09 bits per heavy atom. The number of hydrogen-bond acceptors (Lipinski definition) is 4. The van der Waals surface area contributed by atoms with E-state index < -0.39 is 35.2 Å². The van der Waals surface area contributed by atoms with Crippen molar-refractivity contribution in [2.24, 2.45) is 0 Å². The third-order valence-corrected chi connectivity index (χ3v) is 3.36. The van der Waals surface area contributed by atoms with Crippen LogP contribution in [0.15, 0.2) is 35.7 Å². The lowest BCUT2D eigenvalue weighted by Gasteiger charge is -2.30. The van der Waals surface area contributed by atoms with E-state index in [0.717, 1.165) is 11.0 Å². The van der Waals surface area contributed by atoms with Gasteiger partial charge in [-0.15, -0.1) is 0 Å². The monoisotopic (exact) mass is 308 g/mol. The number of amides is 3. The van der Waals surface area contributed by atoms with Gasteiger partial charge in [0.25, 0.3) is 5.91 Å². The van der Waals surface area contributed by atoms with E-state index in [-0.39, 0.29) is 18.4 Å². The van der Waals surface area contributed by atoms with Crippen LogP contribution in [0.3, 0.4) is 0 Å². The number of rotatable bonds is 5. The number of allylic oxidation sites excluding steroid dienone is 3. The lowest BCUT2D eigenvalue weighted by molar-refractivity contribution is -0.142. The van der Waals surface area contributed by atoms with Gasteiger partial charge in [0.1, 0.15) is 11.9 Å². The molecule has 0 saturated carbocycles. The highest BCUT2D eigenvalue weighted by Crippen LogP contribution is 2.21. The van der Waals surface area contributed by atoms with E-state index >= 15 is 0 Å². The van der Waals surface area contributed by atoms with E-state index in [9.17, 15) is 23.6 Å². The fourth-order valence-corrected chi connectivity index (χ4v) is 2.11. The summed E-state index contributed by atoms with van der Waals surface area (Å²) >= 11 is 0. The summed E-state index contributed by atoms with van der Waals surface area (Å²) in [6.07, 6.45) is 2.69. The van der Waals surface area contributed by atoms with E-state index in [1.165, 1.54) is 20.0 Å². The number of aldehydes is 1. The van der Waals surface area contributed by atoms with Crippen LogP contribution >= 0.6 is 0 Å². The van der Waals surface area contributed by atoms with Gasteiger partial charge in [-0.25, -0.2) is 4.39 Å². The summed E-state index contributed by atoms with van der Waals surface area (Å²) in [6, 6.07) is -0.900. The zero-order valence-electron chi connectivity index (χ0n) is 12.4. The Morgan fingerprint density at radius 3 is 2.55 bits per heavy atom. The summed E-state index contributed by atoms with van der Waals surface area (Å²) in [5.41, 5.74) is -0.596. The first-order valence-electron chi connectivity index (χ1n) is 6.62. The largest absolute Gasteiger partial charge is 0.330 e. The van der Waals surface area contributed by atoms with Crippen LogP contribution in [-0.2, 0) is 19.2 Å². The molecule has 0 aromatic heterocycles. The van der Waals surface area contributed by atoms with Gasteiger partial charge in [-0.2, -0.15) is 0 Å². The normalized spacial score (nSPS) is 20.0. The Kier molecular flexibility index (Phi) is 5.91. The molecule has 1 saturated heterocycles. The SMILES string of the molecule is C=C/C(F)=C(C(=O)N(C)C1CCC(=O)NC1=O)\C(C=O)=C/C. The minimum atomic E-state index is -0.954. The van der Waals surface area contributed by atoms with E-state index in [1.807, 2.05) is 0 Å². The van der Waals surface area contributed by atoms with E-state index in [1.54, 1.807) is 0 Å². The van der Waals surface area contributed by atoms with E-state index in [4.69, 9.17) is 0 Å². The number of imide groups is 1. The van der Waals surface area contributed by atoms with Gasteiger partial charge in [0, 0.05) is 19.0 Å². The molecular weight excluding hydrogens is 291 g/mol. The minimum Gasteiger partial charge on any atom is -0.330 e. The first kappa shape index (κ1) is 17.5. The Bertz CT molecular complexity index is 592. The third-order valence-electron chi connectivity index (χ3n) is 3.36. The molecule has 0 aromatic carbocycles. The molecule has 1 rings (SSSR count). The predicted molar refractivity (Wildman–Crippen MR) is 77.1 cm³/mol. The minimum absolute atomic E-state index is 0.0845. The van der Waals surface area contributed by atoms with Gasteiger partial charge in [-0.3, -0.25) is 24.5 Å². The van der Waals surface area contributed by atoms with Crippen molar-refractivity contribution in [3.05, 3.63) is 35.7 Å². The average Bonchev–Trinajstić information content (AvgIpc) is 2.50. The topological polar surface area (TPSA) is 83.6 Å². The van der Waals surface area contributed by atoms with Crippen LogP contribution in [0.5, 0.6) is 0 Å². The average molecular weight is 308 g/mol. The second kappa shape index (κ2) is 7.44. The van der Waals surface area contributed by atoms with Gasteiger partial charge in [0.05, 0.1) is 5.57 Å². The van der Waals surface area contributed by atoms with Gasteiger partial charge < -0.3 is 4.90 Å². The van der Waals surface area contributed by atoms with Crippen molar-refractivity contribution >= 4 is 24.0 Å². The molecule has 7 heteroatoms. The van der Waals surface area contributed by atoms with Crippen LogP contribution in [0.2, 0.25) is 0 Å². The number of nitrogens with zero attached hydrogens (tertiary/aromatic N) is 1. The van der Waals surface area contributed by atoms with E-state index in [0.29, 0.717) is 6.29 Å². The van der Waals surface area contributed by atoms with Crippen molar-refractivity contribution in [1.29, 1.82) is 0 Å². The molecule has 1 unspecified atom stereocenters. The van der Waals surface area contributed by atoms with Crippen LogP contribution in [0.1, 0.15) is 19.8 Å². The molecule has 0 spiro atoms. The van der Waals surface area contributed by atoms with Crippen molar-refractivity contribution in [1.82, 2.24) is 10.2 Å². The summed E-state index contributed by atoms with van der Waals surface area (Å²) in [5, 5.41) is 2.12. The number of nitrogens with one attached hydrogen (secondary N) is 1. The number of likely N-dealkylation sites (N-methyl/N-ethyl adjacent to an activating group) is 1. The van der Waals surface area contributed by atoms with Crippen LogP contribution in [0.4, 0.5) is 4.39 Å². The lowest BCUT2D eigenvalue weighted by atomic mass is 10.0. The molecule has 1 heterocycles. The summed E-state index contributed by atoms with van der Waals surface area (Å²) in [5.74, 6) is -2.83. The second-order valence-electron chi connectivity index (χ2n) is 4.67. The van der Waals surface area contributed by atoms with Gasteiger partial charge in [-0.05, 0) is 19.4 Å². The molecule has 1 fully saturated rings. The van der Waals surface area contributed by atoms with Gasteiger partial charge >= 0.3 is 0 Å². The summed E-state index contributed by atoms with van der Waals surface area (Å²) in [4.78, 5) is 47.4. The van der Waals surface area contributed by atoms with Crippen LogP contribution in [0, 0.1) is 0 Å². The smallest absolute Gasteiger partial charge is 0.257 e. The van der Waals surface area contributed by atoms with Gasteiger partial charge in [0.2, 0.25) is 11.8 Å². The van der Waals surface area contributed by atoms with Crippen molar-refractivity contribution in [3.63, 3.8) is 0 Å². The zero-order chi connectivity index (χ0) is 16.9. The third kappa shape index (κ3) is 3.55. The number of halogens is 1. The highest BCUT2D eigenvalue weighted by molar-refractivity contribution is 6.08. The molecule has 6 nitrogen and oxygen atoms in total. The predicted octanol–water partition coefficient (Wildman–Crippen LogP) is 0.805.